The lowest BCUT2D eigenvalue weighted by Gasteiger charge is -2.37. The molecule has 2 aliphatic carbocycles. The van der Waals surface area contributed by atoms with Gasteiger partial charge in [-0.25, -0.2) is 0 Å². The predicted molar refractivity (Wildman–Crippen MR) is 108 cm³/mol. The van der Waals surface area contributed by atoms with Crippen LogP contribution >= 0.6 is 0 Å². The van der Waals surface area contributed by atoms with Gasteiger partial charge in [0.25, 0.3) is 0 Å². The Morgan fingerprint density at radius 3 is 1.96 bits per heavy atom. The average molecular weight is 345 g/mol. The second kappa shape index (κ2) is 9.95. The Balaban J connectivity index is 1.35. The standard InChI is InChI=1S/C24H40O/c1-3-5-19-8-13-22(14-9-19)23-15-10-20(11-16-23)6-7-21-12-17-24(4-2)25-18-21/h4,6-7,19-24H,2-3,5,8-18H2,1H3. The molecule has 25 heavy (non-hydrogen) atoms. The van der Waals surface area contributed by atoms with Crippen molar-refractivity contribution in [2.45, 2.75) is 90.1 Å². The predicted octanol–water partition coefficient (Wildman–Crippen LogP) is 6.94. The van der Waals surface area contributed by atoms with Crippen LogP contribution in [0.15, 0.2) is 24.8 Å². The Labute approximate surface area is 156 Å². The number of rotatable bonds is 6. The van der Waals surface area contributed by atoms with Crippen LogP contribution in [-0.4, -0.2) is 12.7 Å². The summed E-state index contributed by atoms with van der Waals surface area (Å²) in [5.41, 5.74) is 0. The molecule has 1 heteroatoms. The summed E-state index contributed by atoms with van der Waals surface area (Å²) in [5.74, 6) is 4.63. The molecular formula is C24H40O. The third-order valence-corrected chi connectivity index (χ3v) is 7.34. The largest absolute Gasteiger partial charge is 0.374 e. The van der Waals surface area contributed by atoms with Gasteiger partial charge < -0.3 is 4.74 Å². The van der Waals surface area contributed by atoms with Gasteiger partial charge in [-0.05, 0) is 75.0 Å². The third-order valence-electron chi connectivity index (χ3n) is 7.34. The summed E-state index contributed by atoms with van der Waals surface area (Å²) in [5, 5.41) is 0. The molecule has 0 aromatic heterocycles. The molecule has 0 bridgehead atoms. The minimum atomic E-state index is 0.299. The first-order chi connectivity index (χ1) is 12.3. The molecular weight excluding hydrogens is 304 g/mol. The van der Waals surface area contributed by atoms with Crippen LogP contribution in [0.3, 0.4) is 0 Å². The smallest absolute Gasteiger partial charge is 0.0753 e. The van der Waals surface area contributed by atoms with Gasteiger partial charge in [-0.15, -0.1) is 6.58 Å². The Hall–Kier alpha value is -0.560. The van der Waals surface area contributed by atoms with E-state index >= 15 is 0 Å². The van der Waals surface area contributed by atoms with Crippen LogP contribution in [0, 0.1) is 29.6 Å². The quantitative estimate of drug-likeness (QED) is 0.474. The fraction of sp³-hybridized carbons (Fsp3) is 0.833. The molecule has 0 spiro atoms. The van der Waals surface area contributed by atoms with Crippen molar-refractivity contribution in [3.05, 3.63) is 24.8 Å². The van der Waals surface area contributed by atoms with Crippen molar-refractivity contribution >= 4 is 0 Å². The van der Waals surface area contributed by atoms with E-state index in [2.05, 4.69) is 25.7 Å². The van der Waals surface area contributed by atoms with Crippen molar-refractivity contribution in [3.63, 3.8) is 0 Å². The molecule has 0 radical (unpaired) electrons. The fourth-order valence-electron chi connectivity index (χ4n) is 5.61. The highest BCUT2D eigenvalue weighted by Crippen LogP contribution is 2.42. The molecule has 2 saturated carbocycles. The van der Waals surface area contributed by atoms with Crippen molar-refractivity contribution in [1.82, 2.24) is 0 Å². The van der Waals surface area contributed by atoms with E-state index < -0.39 is 0 Å². The van der Waals surface area contributed by atoms with E-state index in [1.807, 2.05) is 6.08 Å². The van der Waals surface area contributed by atoms with Crippen molar-refractivity contribution < 1.29 is 4.74 Å². The molecule has 1 saturated heterocycles. The maximum atomic E-state index is 5.83. The molecule has 1 aliphatic heterocycles. The van der Waals surface area contributed by atoms with E-state index in [9.17, 15) is 0 Å². The van der Waals surface area contributed by atoms with Crippen LogP contribution in [0.5, 0.6) is 0 Å². The highest BCUT2D eigenvalue weighted by atomic mass is 16.5. The van der Waals surface area contributed by atoms with Crippen LogP contribution in [0.25, 0.3) is 0 Å². The number of hydrogen-bond donors (Lipinski definition) is 0. The van der Waals surface area contributed by atoms with Gasteiger partial charge in [0.15, 0.2) is 0 Å². The molecule has 0 aromatic rings. The second-order valence-corrected chi connectivity index (χ2v) is 9.07. The monoisotopic (exact) mass is 344 g/mol. The van der Waals surface area contributed by atoms with Crippen LogP contribution in [0.4, 0.5) is 0 Å². The van der Waals surface area contributed by atoms with Gasteiger partial charge in [0, 0.05) is 5.92 Å². The molecule has 142 valence electrons. The van der Waals surface area contributed by atoms with Gasteiger partial charge in [0.05, 0.1) is 12.7 Å². The Kier molecular flexibility index (Phi) is 7.65. The molecule has 2 atom stereocenters. The number of allylic oxidation sites excluding steroid dienone is 1. The summed E-state index contributed by atoms with van der Waals surface area (Å²) in [6.07, 6.45) is 24.5. The lowest BCUT2D eigenvalue weighted by atomic mass is 9.68. The zero-order valence-electron chi connectivity index (χ0n) is 16.5. The molecule has 0 amide bonds. The van der Waals surface area contributed by atoms with Gasteiger partial charge in [0.1, 0.15) is 0 Å². The molecule has 1 heterocycles. The van der Waals surface area contributed by atoms with E-state index in [-0.39, 0.29) is 0 Å². The van der Waals surface area contributed by atoms with Crippen LogP contribution in [0.2, 0.25) is 0 Å². The van der Waals surface area contributed by atoms with Crippen molar-refractivity contribution in [3.8, 4) is 0 Å². The summed E-state index contributed by atoms with van der Waals surface area (Å²) >= 11 is 0. The summed E-state index contributed by atoms with van der Waals surface area (Å²) in [6, 6.07) is 0. The molecule has 3 fully saturated rings. The summed E-state index contributed by atoms with van der Waals surface area (Å²) in [7, 11) is 0. The topological polar surface area (TPSA) is 9.23 Å². The van der Waals surface area contributed by atoms with Gasteiger partial charge in [0.2, 0.25) is 0 Å². The number of hydrogen-bond acceptors (Lipinski definition) is 1. The molecule has 3 rings (SSSR count). The van der Waals surface area contributed by atoms with Crippen LogP contribution < -0.4 is 0 Å². The van der Waals surface area contributed by atoms with Gasteiger partial charge >= 0.3 is 0 Å². The van der Waals surface area contributed by atoms with E-state index in [0.717, 1.165) is 36.7 Å². The normalized spacial score (nSPS) is 40.2. The van der Waals surface area contributed by atoms with Crippen molar-refractivity contribution in [2.24, 2.45) is 29.6 Å². The molecule has 2 unspecified atom stereocenters. The highest BCUT2D eigenvalue weighted by molar-refractivity contribution is 4.97. The maximum Gasteiger partial charge on any atom is 0.0753 e. The first kappa shape index (κ1) is 19.2. The SMILES string of the molecule is C=CC1CCC(C=CC2CCC(C3CCC(CCC)CC3)CC2)CO1. The highest BCUT2D eigenvalue weighted by Gasteiger charge is 2.30. The molecule has 0 N–H and O–H groups in total. The summed E-state index contributed by atoms with van der Waals surface area (Å²) < 4.78 is 5.83. The molecule has 0 aromatic carbocycles. The Morgan fingerprint density at radius 1 is 0.800 bits per heavy atom. The van der Waals surface area contributed by atoms with Crippen LogP contribution in [-0.2, 0) is 4.74 Å². The summed E-state index contributed by atoms with van der Waals surface area (Å²) in [6.45, 7) is 7.08. The molecule has 3 aliphatic rings. The number of ether oxygens (including phenoxy) is 1. The minimum absolute atomic E-state index is 0.299. The Morgan fingerprint density at radius 2 is 1.40 bits per heavy atom. The first-order valence-corrected chi connectivity index (χ1v) is 11.2. The average Bonchev–Trinajstić information content (AvgIpc) is 2.68. The second-order valence-electron chi connectivity index (χ2n) is 9.07. The maximum absolute atomic E-state index is 5.83. The lowest BCUT2D eigenvalue weighted by Crippen LogP contribution is -2.26. The van der Waals surface area contributed by atoms with Gasteiger partial charge in [-0.1, -0.05) is 50.8 Å². The van der Waals surface area contributed by atoms with Crippen molar-refractivity contribution in [1.29, 1.82) is 0 Å². The Bertz CT molecular complexity index is 402. The van der Waals surface area contributed by atoms with E-state index in [1.54, 1.807) is 0 Å². The molecule has 1 nitrogen and oxygen atoms in total. The fourth-order valence-corrected chi connectivity index (χ4v) is 5.61. The zero-order chi connectivity index (χ0) is 17.5. The zero-order valence-corrected chi connectivity index (χ0v) is 16.5. The van der Waals surface area contributed by atoms with Crippen LogP contribution in [0.1, 0.15) is 84.0 Å². The first-order valence-electron chi connectivity index (χ1n) is 11.2. The van der Waals surface area contributed by atoms with Gasteiger partial charge in [-0.2, -0.15) is 0 Å². The van der Waals surface area contributed by atoms with E-state index in [4.69, 9.17) is 4.74 Å². The lowest BCUT2D eigenvalue weighted by molar-refractivity contribution is 0.0245. The van der Waals surface area contributed by atoms with Crippen molar-refractivity contribution in [2.75, 3.05) is 6.61 Å². The third kappa shape index (κ3) is 5.71. The summed E-state index contributed by atoms with van der Waals surface area (Å²) in [4.78, 5) is 0. The van der Waals surface area contributed by atoms with E-state index in [0.29, 0.717) is 12.0 Å². The van der Waals surface area contributed by atoms with E-state index in [1.165, 1.54) is 70.6 Å². The minimum Gasteiger partial charge on any atom is -0.374 e. The van der Waals surface area contributed by atoms with Gasteiger partial charge in [-0.3, -0.25) is 0 Å².